The molecule has 2 aromatic heterocycles. The normalized spacial score (nSPS) is 11.1. The SMILES string of the molecule is CC(C)Oc1cc2oc(=O)cc(-c3ccncc3)c2cc1Cl. The molecule has 0 fully saturated rings. The molecule has 0 radical (unpaired) electrons. The summed E-state index contributed by atoms with van der Waals surface area (Å²) in [5.41, 5.74) is 1.66. The largest absolute Gasteiger partial charge is 0.489 e. The van der Waals surface area contributed by atoms with Gasteiger partial charge >= 0.3 is 5.63 Å². The fraction of sp³-hybridized carbons (Fsp3) is 0.176. The van der Waals surface area contributed by atoms with Gasteiger partial charge in [0.25, 0.3) is 0 Å². The van der Waals surface area contributed by atoms with Gasteiger partial charge < -0.3 is 9.15 Å². The van der Waals surface area contributed by atoms with E-state index in [1.807, 2.05) is 26.0 Å². The lowest BCUT2D eigenvalue weighted by atomic mass is 10.0. The van der Waals surface area contributed by atoms with E-state index in [2.05, 4.69) is 4.98 Å². The van der Waals surface area contributed by atoms with Gasteiger partial charge in [-0.3, -0.25) is 4.98 Å². The first kappa shape index (κ1) is 14.6. The molecular formula is C17H14ClNO3. The fourth-order valence-corrected chi connectivity index (χ4v) is 2.49. The van der Waals surface area contributed by atoms with Crippen molar-refractivity contribution in [3.8, 4) is 16.9 Å². The third kappa shape index (κ3) is 2.83. The lowest BCUT2D eigenvalue weighted by Crippen LogP contribution is -2.06. The highest BCUT2D eigenvalue weighted by Gasteiger charge is 2.13. The first-order chi connectivity index (χ1) is 10.5. The lowest BCUT2D eigenvalue weighted by molar-refractivity contribution is 0.242. The molecule has 22 heavy (non-hydrogen) atoms. The minimum Gasteiger partial charge on any atom is -0.489 e. The lowest BCUT2D eigenvalue weighted by Gasteiger charge is -2.13. The van der Waals surface area contributed by atoms with Crippen LogP contribution >= 0.6 is 11.6 Å². The minimum absolute atomic E-state index is 0.0231. The molecule has 0 saturated carbocycles. The standard InChI is InChI=1S/C17H14ClNO3/c1-10(2)21-16-9-15-13(7-14(16)18)12(8-17(20)22-15)11-3-5-19-6-4-11/h3-10H,1-2H3. The number of hydrogen-bond donors (Lipinski definition) is 0. The molecule has 0 unspecified atom stereocenters. The van der Waals surface area contributed by atoms with Crippen LogP contribution < -0.4 is 10.4 Å². The van der Waals surface area contributed by atoms with Gasteiger partial charge in [-0.05, 0) is 37.6 Å². The summed E-state index contributed by atoms with van der Waals surface area (Å²) < 4.78 is 10.9. The van der Waals surface area contributed by atoms with Gasteiger partial charge in [-0.2, -0.15) is 0 Å². The van der Waals surface area contributed by atoms with Gasteiger partial charge in [0.1, 0.15) is 11.3 Å². The zero-order valence-corrected chi connectivity index (χ0v) is 12.9. The van der Waals surface area contributed by atoms with Gasteiger partial charge in [-0.25, -0.2) is 4.79 Å². The van der Waals surface area contributed by atoms with Crippen LogP contribution in [-0.2, 0) is 0 Å². The average Bonchev–Trinajstić information content (AvgIpc) is 2.48. The predicted octanol–water partition coefficient (Wildman–Crippen LogP) is 4.30. The van der Waals surface area contributed by atoms with Crippen molar-refractivity contribution < 1.29 is 9.15 Å². The quantitative estimate of drug-likeness (QED) is 0.676. The molecule has 0 saturated heterocycles. The molecule has 112 valence electrons. The smallest absolute Gasteiger partial charge is 0.336 e. The Balaban J connectivity index is 2.27. The van der Waals surface area contributed by atoms with E-state index in [1.165, 1.54) is 6.07 Å². The van der Waals surface area contributed by atoms with Crippen molar-refractivity contribution in [2.75, 3.05) is 0 Å². The maximum absolute atomic E-state index is 11.8. The van der Waals surface area contributed by atoms with E-state index in [1.54, 1.807) is 24.5 Å². The van der Waals surface area contributed by atoms with Gasteiger partial charge in [0.2, 0.25) is 0 Å². The molecule has 0 aliphatic heterocycles. The Hall–Kier alpha value is -2.33. The Labute approximate surface area is 132 Å². The van der Waals surface area contributed by atoms with Crippen LogP contribution in [0, 0.1) is 0 Å². The number of aromatic nitrogens is 1. The van der Waals surface area contributed by atoms with Gasteiger partial charge in [-0.1, -0.05) is 11.6 Å². The summed E-state index contributed by atoms with van der Waals surface area (Å²) in [4.78, 5) is 15.8. The van der Waals surface area contributed by atoms with Crippen LogP contribution in [0.25, 0.3) is 22.1 Å². The van der Waals surface area contributed by atoms with E-state index in [4.69, 9.17) is 20.8 Å². The summed E-state index contributed by atoms with van der Waals surface area (Å²) >= 11 is 6.29. The van der Waals surface area contributed by atoms with E-state index >= 15 is 0 Å². The Morgan fingerprint density at radius 1 is 1.18 bits per heavy atom. The molecular weight excluding hydrogens is 302 g/mol. The first-order valence-electron chi connectivity index (χ1n) is 6.89. The zero-order chi connectivity index (χ0) is 15.7. The van der Waals surface area contributed by atoms with Crippen molar-refractivity contribution in [3.05, 3.63) is 58.2 Å². The van der Waals surface area contributed by atoms with E-state index in [0.717, 1.165) is 16.5 Å². The van der Waals surface area contributed by atoms with Crippen molar-refractivity contribution in [3.63, 3.8) is 0 Å². The highest BCUT2D eigenvalue weighted by Crippen LogP contribution is 2.35. The van der Waals surface area contributed by atoms with Crippen LogP contribution in [-0.4, -0.2) is 11.1 Å². The molecule has 0 N–H and O–H groups in total. The Kier molecular flexibility index (Phi) is 3.86. The third-order valence-electron chi connectivity index (χ3n) is 3.15. The highest BCUT2D eigenvalue weighted by atomic mass is 35.5. The summed E-state index contributed by atoms with van der Waals surface area (Å²) in [6.45, 7) is 3.81. The van der Waals surface area contributed by atoms with Crippen LogP contribution in [0.3, 0.4) is 0 Å². The van der Waals surface area contributed by atoms with Crippen LogP contribution in [0.1, 0.15) is 13.8 Å². The molecule has 0 bridgehead atoms. The second-order valence-electron chi connectivity index (χ2n) is 5.16. The Bertz CT molecular complexity index is 872. The number of fused-ring (bicyclic) bond motifs is 1. The molecule has 4 nitrogen and oxygen atoms in total. The number of benzene rings is 1. The number of pyridine rings is 1. The molecule has 0 spiro atoms. The van der Waals surface area contributed by atoms with Crippen molar-refractivity contribution in [1.82, 2.24) is 4.98 Å². The average molecular weight is 316 g/mol. The molecule has 0 aliphatic carbocycles. The predicted molar refractivity (Wildman–Crippen MR) is 86.5 cm³/mol. The van der Waals surface area contributed by atoms with Crippen LogP contribution in [0.2, 0.25) is 5.02 Å². The van der Waals surface area contributed by atoms with Crippen LogP contribution in [0.4, 0.5) is 0 Å². The molecule has 1 aromatic carbocycles. The second-order valence-corrected chi connectivity index (χ2v) is 5.57. The van der Waals surface area contributed by atoms with Gasteiger partial charge in [0, 0.05) is 35.5 Å². The molecule has 5 heteroatoms. The monoisotopic (exact) mass is 315 g/mol. The number of hydrogen-bond acceptors (Lipinski definition) is 4. The minimum atomic E-state index is -0.419. The summed E-state index contributed by atoms with van der Waals surface area (Å²) in [5.74, 6) is 0.499. The van der Waals surface area contributed by atoms with Crippen molar-refractivity contribution in [2.24, 2.45) is 0 Å². The molecule has 3 aromatic rings. The summed E-state index contributed by atoms with van der Waals surface area (Å²) in [7, 11) is 0. The first-order valence-corrected chi connectivity index (χ1v) is 7.27. The molecule has 3 rings (SSSR count). The maximum Gasteiger partial charge on any atom is 0.336 e. The second kappa shape index (κ2) is 5.81. The summed E-state index contributed by atoms with van der Waals surface area (Å²) in [6, 6.07) is 8.54. The maximum atomic E-state index is 11.8. The third-order valence-corrected chi connectivity index (χ3v) is 3.45. The topological polar surface area (TPSA) is 52.3 Å². The van der Waals surface area contributed by atoms with E-state index in [0.29, 0.717) is 16.4 Å². The van der Waals surface area contributed by atoms with Crippen molar-refractivity contribution >= 4 is 22.6 Å². The number of ether oxygens (including phenoxy) is 1. The summed E-state index contributed by atoms with van der Waals surface area (Å²) in [6.07, 6.45) is 3.33. The van der Waals surface area contributed by atoms with E-state index in [-0.39, 0.29) is 6.10 Å². The molecule has 2 heterocycles. The summed E-state index contributed by atoms with van der Waals surface area (Å²) in [5, 5.41) is 1.23. The van der Waals surface area contributed by atoms with E-state index < -0.39 is 5.63 Å². The Morgan fingerprint density at radius 2 is 1.91 bits per heavy atom. The van der Waals surface area contributed by atoms with Crippen LogP contribution in [0.15, 0.2) is 51.9 Å². The molecule has 0 aliphatic rings. The number of nitrogens with zero attached hydrogens (tertiary/aromatic N) is 1. The van der Waals surface area contributed by atoms with Gasteiger partial charge in [0.05, 0.1) is 11.1 Å². The van der Waals surface area contributed by atoms with Crippen molar-refractivity contribution in [2.45, 2.75) is 20.0 Å². The zero-order valence-electron chi connectivity index (χ0n) is 12.2. The Morgan fingerprint density at radius 3 is 2.59 bits per heavy atom. The van der Waals surface area contributed by atoms with Gasteiger partial charge in [-0.15, -0.1) is 0 Å². The highest BCUT2D eigenvalue weighted by molar-refractivity contribution is 6.33. The van der Waals surface area contributed by atoms with Crippen molar-refractivity contribution in [1.29, 1.82) is 0 Å². The van der Waals surface area contributed by atoms with E-state index in [9.17, 15) is 4.79 Å². The number of halogens is 1. The molecule has 0 atom stereocenters. The molecule has 0 amide bonds. The fourth-order valence-electron chi connectivity index (χ4n) is 2.28. The van der Waals surface area contributed by atoms with Gasteiger partial charge in [0.15, 0.2) is 0 Å². The number of rotatable bonds is 3. The van der Waals surface area contributed by atoms with Crippen LogP contribution in [0.5, 0.6) is 5.75 Å².